The van der Waals surface area contributed by atoms with Crippen molar-refractivity contribution in [3.05, 3.63) is 35.9 Å². The van der Waals surface area contributed by atoms with E-state index in [4.69, 9.17) is 4.74 Å². The van der Waals surface area contributed by atoms with Crippen LogP contribution in [0.3, 0.4) is 0 Å². The number of hydrogen-bond acceptors (Lipinski definition) is 3. The molecular weight excluding hydrogens is 212 g/mol. The Bertz CT molecular complexity index is 394. The van der Waals surface area contributed by atoms with Crippen LogP contribution in [0.15, 0.2) is 30.3 Å². The highest BCUT2D eigenvalue weighted by atomic mass is 16.5. The number of ether oxygens (including phenoxy) is 1. The second-order valence-electron chi connectivity index (χ2n) is 4.63. The summed E-state index contributed by atoms with van der Waals surface area (Å²) in [5.74, 6) is 0.441. The molecule has 1 N–H and O–H groups in total. The fraction of sp³-hybridized carbons (Fsp3) is 0.500. The van der Waals surface area contributed by atoms with Gasteiger partial charge in [0, 0.05) is 13.7 Å². The van der Waals surface area contributed by atoms with Gasteiger partial charge in [0.1, 0.15) is 5.54 Å². The van der Waals surface area contributed by atoms with Crippen LogP contribution >= 0.6 is 0 Å². The summed E-state index contributed by atoms with van der Waals surface area (Å²) in [6.07, 6.45) is 2.25. The van der Waals surface area contributed by atoms with Gasteiger partial charge in [-0.1, -0.05) is 30.3 Å². The smallest absolute Gasteiger partial charge is 0.133 e. The average molecular weight is 230 g/mol. The first-order valence-electron chi connectivity index (χ1n) is 6.00. The molecule has 0 amide bonds. The maximum atomic E-state index is 9.40. The maximum Gasteiger partial charge on any atom is 0.133 e. The van der Waals surface area contributed by atoms with Crippen molar-refractivity contribution in [2.75, 3.05) is 13.7 Å². The largest absolute Gasteiger partial charge is 0.382 e. The highest BCUT2D eigenvalue weighted by molar-refractivity contribution is 5.19. The Balaban J connectivity index is 2.01. The van der Waals surface area contributed by atoms with Crippen molar-refractivity contribution < 1.29 is 4.74 Å². The lowest BCUT2D eigenvalue weighted by atomic mass is 9.95. The molecule has 1 saturated carbocycles. The minimum Gasteiger partial charge on any atom is -0.382 e. The molecule has 1 aliphatic carbocycles. The second kappa shape index (κ2) is 5.31. The van der Waals surface area contributed by atoms with Gasteiger partial charge in [-0.15, -0.1) is 0 Å². The lowest BCUT2D eigenvalue weighted by molar-refractivity contribution is 0.124. The predicted molar refractivity (Wildman–Crippen MR) is 66.2 cm³/mol. The number of hydrogen-bond donors (Lipinski definition) is 1. The number of methoxy groups -OCH3 is 1. The zero-order valence-electron chi connectivity index (χ0n) is 10.1. The predicted octanol–water partition coefficient (Wildman–Crippen LogP) is 2.09. The summed E-state index contributed by atoms with van der Waals surface area (Å²) < 4.78 is 5.20. The minimum absolute atomic E-state index is 0.441. The Morgan fingerprint density at radius 1 is 1.41 bits per heavy atom. The molecule has 3 nitrogen and oxygen atoms in total. The average Bonchev–Trinajstić information content (AvgIpc) is 3.20. The van der Waals surface area contributed by atoms with Crippen LogP contribution in [0.25, 0.3) is 0 Å². The van der Waals surface area contributed by atoms with Gasteiger partial charge in [0.15, 0.2) is 0 Å². The van der Waals surface area contributed by atoms with Crippen LogP contribution in [0.5, 0.6) is 0 Å². The van der Waals surface area contributed by atoms with Crippen molar-refractivity contribution >= 4 is 0 Å². The third kappa shape index (κ3) is 2.85. The first-order valence-corrected chi connectivity index (χ1v) is 6.00. The van der Waals surface area contributed by atoms with E-state index in [2.05, 4.69) is 23.5 Å². The zero-order valence-corrected chi connectivity index (χ0v) is 10.1. The SMILES string of the molecule is COCC(C#N)(NCc1ccccc1)C1CC1. The molecule has 0 aliphatic heterocycles. The molecule has 1 fully saturated rings. The van der Waals surface area contributed by atoms with Crippen LogP contribution in [0.4, 0.5) is 0 Å². The van der Waals surface area contributed by atoms with Gasteiger partial charge in [0.25, 0.3) is 0 Å². The molecule has 1 aliphatic rings. The molecule has 1 aromatic carbocycles. The van der Waals surface area contributed by atoms with E-state index in [0.717, 1.165) is 12.8 Å². The van der Waals surface area contributed by atoms with Gasteiger partial charge in [-0.25, -0.2) is 0 Å². The highest BCUT2D eigenvalue weighted by Gasteiger charge is 2.45. The monoisotopic (exact) mass is 230 g/mol. The first kappa shape index (κ1) is 12.1. The van der Waals surface area contributed by atoms with Crippen LogP contribution in [0.2, 0.25) is 0 Å². The van der Waals surface area contributed by atoms with Crippen LogP contribution in [-0.2, 0) is 11.3 Å². The van der Waals surface area contributed by atoms with Crippen LogP contribution in [0.1, 0.15) is 18.4 Å². The molecule has 0 heterocycles. The van der Waals surface area contributed by atoms with E-state index >= 15 is 0 Å². The van der Waals surface area contributed by atoms with E-state index in [-0.39, 0.29) is 0 Å². The zero-order chi connectivity index (χ0) is 12.1. The van der Waals surface area contributed by atoms with Crippen LogP contribution < -0.4 is 5.32 Å². The molecule has 2 rings (SSSR count). The Kier molecular flexibility index (Phi) is 3.78. The highest BCUT2D eigenvalue weighted by Crippen LogP contribution is 2.39. The van der Waals surface area contributed by atoms with Crippen molar-refractivity contribution in [2.24, 2.45) is 5.92 Å². The fourth-order valence-electron chi connectivity index (χ4n) is 2.14. The standard InChI is InChI=1S/C14H18N2O/c1-17-11-14(10-15,13-7-8-13)16-9-12-5-3-2-4-6-12/h2-6,13,16H,7-9,11H2,1H3. The van der Waals surface area contributed by atoms with Gasteiger partial charge >= 0.3 is 0 Å². The first-order chi connectivity index (χ1) is 8.30. The van der Waals surface area contributed by atoms with Crippen molar-refractivity contribution in [2.45, 2.75) is 24.9 Å². The van der Waals surface area contributed by atoms with E-state index in [0.29, 0.717) is 19.1 Å². The summed E-state index contributed by atoms with van der Waals surface area (Å²) in [7, 11) is 1.65. The number of nitriles is 1. The van der Waals surface area contributed by atoms with Crippen molar-refractivity contribution in [3.8, 4) is 6.07 Å². The molecule has 1 unspecified atom stereocenters. The molecule has 0 aromatic heterocycles. The molecule has 1 atom stereocenters. The Morgan fingerprint density at radius 2 is 2.12 bits per heavy atom. The van der Waals surface area contributed by atoms with E-state index in [1.54, 1.807) is 7.11 Å². The maximum absolute atomic E-state index is 9.40. The second-order valence-corrected chi connectivity index (χ2v) is 4.63. The fourth-order valence-corrected chi connectivity index (χ4v) is 2.14. The molecule has 1 aromatic rings. The molecular formula is C14H18N2O. The van der Waals surface area contributed by atoms with Gasteiger partial charge in [-0.05, 0) is 24.3 Å². The summed E-state index contributed by atoms with van der Waals surface area (Å²) >= 11 is 0. The minimum atomic E-state index is -0.509. The van der Waals surface area contributed by atoms with Gasteiger partial charge < -0.3 is 4.74 Å². The van der Waals surface area contributed by atoms with E-state index in [1.807, 2.05) is 18.2 Å². The third-order valence-corrected chi connectivity index (χ3v) is 3.30. The number of benzene rings is 1. The van der Waals surface area contributed by atoms with E-state index in [1.165, 1.54) is 5.56 Å². The summed E-state index contributed by atoms with van der Waals surface area (Å²) in [6.45, 7) is 1.18. The summed E-state index contributed by atoms with van der Waals surface area (Å²) in [5, 5.41) is 12.8. The van der Waals surface area contributed by atoms with Gasteiger partial charge in [0.2, 0.25) is 0 Å². The molecule has 17 heavy (non-hydrogen) atoms. The number of nitrogens with zero attached hydrogens (tertiary/aromatic N) is 1. The topological polar surface area (TPSA) is 45.0 Å². The van der Waals surface area contributed by atoms with E-state index < -0.39 is 5.54 Å². The lowest BCUT2D eigenvalue weighted by Crippen LogP contribution is -2.49. The van der Waals surface area contributed by atoms with Gasteiger partial charge in [0.05, 0.1) is 12.7 Å². The van der Waals surface area contributed by atoms with Gasteiger partial charge in [-0.2, -0.15) is 5.26 Å². The number of nitrogens with one attached hydrogen (secondary N) is 1. The normalized spacial score (nSPS) is 18.4. The van der Waals surface area contributed by atoms with Crippen LogP contribution in [-0.4, -0.2) is 19.3 Å². The summed E-state index contributed by atoms with van der Waals surface area (Å²) in [4.78, 5) is 0. The number of rotatable bonds is 6. The molecule has 3 heteroatoms. The van der Waals surface area contributed by atoms with Crippen LogP contribution in [0, 0.1) is 17.2 Å². The Hall–Kier alpha value is -1.37. The molecule has 90 valence electrons. The quantitative estimate of drug-likeness (QED) is 0.814. The summed E-state index contributed by atoms with van der Waals surface area (Å²) in [5.41, 5.74) is 0.689. The van der Waals surface area contributed by atoms with E-state index in [9.17, 15) is 5.26 Å². The molecule has 0 saturated heterocycles. The Labute approximate surface area is 102 Å². The molecule has 0 radical (unpaired) electrons. The molecule has 0 spiro atoms. The summed E-state index contributed by atoms with van der Waals surface area (Å²) in [6, 6.07) is 12.6. The van der Waals surface area contributed by atoms with Gasteiger partial charge in [-0.3, -0.25) is 5.32 Å². The van der Waals surface area contributed by atoms with Crippen molar-refractivity contribution in [1.82, 2.24) is 5.32 Å². The Morgan fingerprint density at radius 3 is 2.65 bits per heavy atom. The molecule has 0 bridgehead atoms. The van der Waals surface area contributed by atoms with Crippen molar-refractivity contribution in [1.29, 1.82) is 5.26 Å². The van der Waals surface area contributed by atoms with Crippen molar-refractivity contribution in [3.63, 3.8) is 0 Å². The third-order valence-electron chi connectivity index (χ3n) is 3.30. The lowest BCUT2D eigenvalue weighted by Gasteiger charge is -2.27.